The van der Waals surface area contributed by atoms with E-state index in [9.17, 15) is 4.79 Å². The molecule has 0 atom stereocenters. The summed E-state index contributed by atoms with van der Waals surface area (Å²) in [4.78, 5) is 21.7. The van der Waals surface area contributed by atoms with Crippen LogP contribution in [0.15, 0.2) is 23.7 Å². The van der Waals surface area contributed by atoms with Crippen molar-refractivity contribution in [3.05, 3.63) is 23.7 Å². The van der Waals surface area contributed by atoms with Gasteiger partial charge in [-0.1, -0.05) is 12.8 Å². The number of hydrogen-bond acceptors (Lipinski definition) is 6. The molecule has 164 valence electrons. The van der Waals surface area contributed by atoms with E-state index in [0.29, 0.717) is 24.7 Å². The van der Waals surface area contributed by atoms with Crippen molar-refractivity contribution < 1.29 is 9.53 Å². The number of anilines is 1. The van der Waals surface area contributed by atoms with E-state index in [1.807, 2.05) is 6.20 Å². The first-order valence-electron chi connectivity index (χ1n) is 11.5. The second-order valence-corrected chi connectivity index (χ2v) is 9.90. The van der Waals surface area contributed by atoms with Crippen molar-refractivity contribution >= 4 is 33.0 Å². The van der Waals surface area contributed by atoms with Crippen LogP contribution in [-0.4, -0.2) is 62.1 Å². The maximum atomic E-state index is 12.0. The Hall–Kier alpha value is -1.50. The van der Waals surface area contributed by atoms with Crippen molar-refractivity contribution in [1.82, 2.24) is 9.88 Å². The average molecular weight is 430 g/mol. The van der Waals surface area contributed by atoms with Crippen molar-refractivity contribution in [1.29, 1.82) is 0 Å². The predicted octanol–water partition coefficient (Wildman–Crippen LogP) is 4.61. The van der Waals surface area contributed by atoms with Gasteiger partial charge in [0.05, 0.1) is 6.61 Å². The third-order valence-electron chi connectivity index (χ3n) is 6.95. The van der Waals surface area contributed by atoms with Gasteiger partial charge in [-0.05, 0) is 55.2 Å². The van der Waals surface area contributed by atoms with Crippen molar-refractivity contribution in [2.75, 3.05) is 51.3 Å². The number of hydrogen-bond donors (Lipinski definition) is 0. The first-order valence-corrected chi connectivity index (χ1v) is 12.4. The zero-order chi connectivity index (χ0) is 20.8. The lowest BCUT2D eigenvalue weighted by atomic mass is 9.78. The molecule has 0 radical (unpaired) electrons. The second-order valence-electron chi connectivity index (χ2n) is 8.96. The largest absolute Gasteiger partial charge is 0.384 e. The number of Topliss-reactive ketones (excluding diaryl/α,β-unsaturated/α-hetero) is 1. The first-order chi connectivity index (χ1) is 14.7. The Bertz CT molecular complexity index is 808. The van der Waals surface area contributed by atoms with E-state index < -0.39 is 0 Å². The molecule has 1 saturated heterocycles. The molecule has 1 saturated carbocycles. The summed E-state index contributed by atoms with van der Waals surface area (Å²) in [5.41, 5.74) is 0. The van der Waals surface area contributed by atoms with Crippen molar-refractivity contribution in [3.8, 4) is 0 Å². The van der Waals surface area contributed by atoms with Crippen LogP contribution in [0.4, 0.5) is 5.82 Å². The summed E-state index contributed by atoms with van der Waals surface area (Å²) in [6, 6.07) is 4.32. The van der Waals surface area contributed by atoms with Gasteiger partial charge in [-0.15, -0.1) is 11.3 Å². The molecule has 30 heavy (non-hydrogen) atoms. The fourth-order valence-electron chi connectivity index (χ4n) is 5.04. The first kappa shape index (κ1) is 21.7. The Morgan fingerprint density at radius 3 is 2.67 bits per heavy atom. The molecule has 2 aromatic heterocycles. The van der Waals surface area contributed by atoms with Crippen molar-refractivity contribution in [2.24, 2.45) is 11.8 Å². The highest BCUT2D eigenvalue weighted by Gasteiger charge is 2.25. The molecule has 2 aliphatic rings. The molecule has 2 fully saturated rings. The maximum Gasteiger partial charge on any atom is 0.137 e. The van der Waals surface area contributed by atoms with Crippen molar-refractivity contribution in [3.63, 3.8) is 0 Å². The Morgan fingerprint density at radius 2 is 1.90 bits per heavy atom. The lowest BCUT2D eigenvalue weighted by Gasteiger charge is -2.37. The van der Waals surface area contributed by atoms with Crippen LogP contribution in [0.25, 0.3) is 10.1 Å². The quantitative estimate of drug-likeness (QED) is 0.582. The highest BCUT2D eigenvalue weighted by atomic mass is 32.1. The average Bonchev–Trinajstić information content (AvgIpc) is 3.27. The van der Waals surface area contributed by atoms with Gasteiger partial charge in [-0.25, -0.2) is 4.98 Å². The topological polar surface area (TPSA) is 45.7 Å². The van der Waals surface area contributed by atoms with Gasteiger partial charge < -0.3 is 9.64 Å². The fourth-order valence-corrected chi connectivity index (χ4v) is 5.82. The molecule has 0 N–H and O–H groups in total. The van der Waals surface area contributed by atoms with E-state index in [1.165, 1.54) is 48.7 Å². The molecule has 3 heterocycles. The number of fused-ring (bicyclic) bond motifs is 1. The SMILES string of the molecule is COCCC(=O)CC1CCC(CCN2CCN(c3nccc4sccc34)CC2)CC1. The van der Waals surface area contributed by atoms with E-state index in [2.05, 4.69) is 32.3 Å². The van der Waals surface area contributed by atoms with E-state index in [0.717, 1.165) is 44.3 Å². The van der Waals surface area contributed by atoms with E-state index in [1.54, 1.807) is 18.4 Å². The molecule has 1 aliphatic carbocycles. The molecule has 0 bridgehead atoms. The highest BCUT2D eigenvalue weighted by molar-refractivity contribution is 7.17. The number of methoxy groups -OCH3 is 1. The van der Waals surface area contributed by atoms with Gasteiger partial charge in [-0.2, -0.15) is 0 Å². The molecule has 1 aliphatic heterocycles. The molecule has 0 amide bonds. The smallest absolute Gasteiger partial charge is 0.137 e. The lowest BCUT2D eigenvalue weighted by molar-refractivity contribution is -0.121. The normalized spacial score (nSPS) is 23.2. The van der Waals surface area contributed by atoms with Gasteiger partial charge in [0.15, 0.2) is 0 Å². The van der Waals surface area contributed by atoms with Gasteiger partial charge in [0.2, 0.25) is 0 Å². The number of carbonyl (C=O) groups is 1. The number of rotatable bonds is 9. The Morgan fingerprint density at radius 1 is 1.13 bits per heavy atom. The minimum Gasteiger partial charge on any atom is -0.384 e. The van der Waals surface area contributed by atoms with Crippen LogP contribution in [0.5, 0.6) is 0 Å². The summed E-state index contributed by atoms with van der Waals surface area (Å²) in [5.74, 6) is 2.99. The summed E-state index contributed by atoms with van der Waals surface area (Å²) in [7, 11) is 1.67. The molecule has 0 spiro atoms. The number of pyridine rings is 1. The summed E-state index contributed by atoms with van der Waals surface area (Å²) in [5, 5.41) is 3.46. The Balaban J connectivity index is 1.15. The minimum atomic E-state index is 0.380. The minimum absolute atomic E-state index is 0.380. The third-order valence-corrected chi connectivity index (χ3v) is 7.83. The predicted molar refractivity (Wildman–Crippen MR) is 124 cm³/mol. The zero-order valence-corrected chi connectivity index (χ0v) is 19.0. The van der Waals surface area contributed by atoms with Crippen LogP contribution >= 0.6 is 11.3 Å². The molecule has 5 nitrogen and oxygen atoms in total. The Labute approximate surface area is 184 Å². The van der Waals surface area contributed by atoms with Crippen LogP contribution in [0, 0.1) is 11.8 Å². The number of aromatic nitrogens is 1. The summed E-state index contributed by atoms with van der Waals surface area (Å²) >= 11 is 1.80. The maximum absolute atomic E-state index is 12.0. The zero-order valence-electron chi connectivity index (χ0n) is 18.2. The number of piperazine rings is 1. The summed E-state index contributed by atoms with van der Waals surface area (Å²) in [6.07, 6.45) is 9.66. The molecule has 6 heteroatoms. The van der Waals surface area contributed by atoms with Crippen LogP contribution in [0.1, 0.15) is 44.9 Å². The Kier molecular flexibility index (Phi) is 7.74. The van der Waals surface area contributed by atoms with Gasteiger partial charge in [0.1, 0.15) is 11.6 Å². The lowest BCUT2D eigenvalue weighted by Crippen LogP contribution is -2.47. The highest BCUT2D eigenvalue weighted by Crippen LogP contribution is 2.33. The number of carbonyl (C=O) groups excluding carboxylic acids is 1. The molecular formula is C24H35N3O2S. The van der Waals surface area contributed by atoms with Gasteiger partial charge in [-0.3, -0.25) is 9.69 Å². The molecule has 2 aromatic rings. The molecule has 4 rings (SSSR count). The molecule has 0 unspecified atom stereocenters. The van der Waals surface area contributed by atoms with E-state index in [4.69, 9.17) is 4.74 Å². The molecule has 0 aromatic carbocycles. The van der Waals surface area contributed by atoms with E-state index >= 15 is 0 Å². The van der Waals surface area contributed by atoms with Gasteiger partial charge in [0, 0.05) is 62.4 Å². The van der Waals surface area contributed by atoms with Gasteiger partial charge >= 0.3 is 0 Å². The van der Waals surface area contributed by atoms with Crippen LogP contribution in [0.2, 0.25) is 0 Å². The fraction of sp³-hybridized carbons (Fsp3) is 0.667. The van der Waals surface area contributed by atoms with Crippen LogP contribution in [0.3, 0.4) is 0 Å². The van der Waals surface area contributed by atoms with Crippen LogP contribution in [-0.2, 0) is 9.53 Å². The summed E-state index contributed by atoms with van der Waals surface area (Å²) < 4.78 is 6.36. The number of nitrogens with zero attached hydrogens (tertiary/aromatic N) is 3. The standard InChI is InChI=1S/C24H35N3O2S/c1-29-16-8-21(28)18-20-4-2-19(3-5-20)7-11-26-12-14-27(15-13-26)24-22-9-17-30-23(22)6-10-25-24/h6,9-10,17,19-20H,2-5,7-8,11-16,18H2,1H3. The van der Waals surface area contributed by atoms with Gasteiger partial charge in [0.25, 0.3) is 0 Å². The second kappa shape index (κ2) is 10.7. The van der Waals surface area contributed by atoms with E-state index in [-0.39, 0.29) is 0 Å². The monoisotopic (exact) mass is 429 g/mol. The molecular weight excluding hydrogens is 394 g/mol. The van der Waals surface area contributed by atoms with Crippen molar-refractivity contribution in [2.45, 2.75) is 44.9 Å². The number of thiophene rings is 1. The van der Waals surface area contributed by atoms with Crippen LogP contribution < -0.4 is 4.90 Å². The third kappa shape index (κ3) is 5.59. The number of ether oxygens (including phenoxy) is 1. The number of ketones is 1. The summed E-state index contributed by atoms with van der Waals surface area (Å²) in [6.45, 7) is 6.18.